The van der Waals surface area contributed by atoms with Crippen LogP contribution in [0.1, 0.15) is 54.9 Å². The van der Waals surface area contributed by atoms with E-state index in [0.29, 0.717) is 24.8 Å². The smallest absolute Gasteiger partial charge is 0.337 e. The molecule has 0 bridgehead atoms. The number of carbonyl (C=O) groups is 2. The van der Waals surface area contributed by atoms with Gasteiger partial charge in [0.05, 0.1) is 18.8 Å². The van der Waals surface area contributed by atoms with Crippen LogP contribution in [0.4, 0.5) is 0 Å². The lowest BCUT2D eigenvalue weighted by Crippen LogP contribution is -2.47. The number of ketones is 1. The van der Waals surface area contributed by atoms with E-state index < -0.39 is 11.5 Å². The number of esters is 1. The maximum Gasteiger partial charge on any atom is 0.337 e. The zero-order valence-corrected chi connectivity index (χ0v) is 13.6. The standard InChI is InChI=1S/C19H22O4/c1-12-15-7-4-8-17(21)19(15,10-9-16(12)20)14-6-3-5-13(11-14)18(22)23-2/h3,5-6,11,17,21H,4,7-10H2,1-2H3/t17-,19+/m0/s1. The molecule has 1 N–H and O–H groups in total. The fourth-order valence-electron chi connectivity index (χ4n) is 4.20. The summed E-state index contributed by atoms with van der Waals surface area (Å²) >= 11 is 0. The molecular weight excluding hydrogens is 292 g/mol. The normalized spacial score (nSPS) is 27.6. The van der Waals surface area contributed by atoms with Crippen molar-refractivity contribution in [2.24, 2.45) is 0 Å². The fraction of sp³-hybridized carbons (Fsp3) is 0.474. The lowest BCUT2D eigenvalue weighted by atomic mass is 9.58. The van der Waals surface area contributed by atoms with Crippen LogP contribution < -0.4 is 0 Å². The highest BCUT2D eigenvalue weighted by Crippen LogP contribution is 2.50. The molecule has 0 amide bonds. The Morgan fingerprint density at radius 3 is 2.87 bits per heavy atom. The van der Waals surface area contributed by atoms with Gasteiger partial charge in [-0.1, -0.05) is 17.7 Å². The van der Waals surface area contributed by atoms with Crippen LogP contribution >= 0.6 is 0 Å². The van der Waals surface area contributed by atoms with Crippen molar-refractivity contribution in [2.75, 3.05) is 7.11 Å². The van der Waals surface area contributed by atoms with Crippen molar-refractivity contribution in [1.82, 2.24) is 0 Å². The Bertz CT molecular complexity index is 688. The topological polar surface area (TPSA) is 63.6 Å². The summed E-state index contributed by atoms with van der Waals surface area (Å²) in [6.45, 7) is 1.87. The molecule has 2 atom stereocenters. The summed E-state index contributed by atoms with van der Waals surface area (Å²) in [4.78, 5) is 24.0. The summed E-state index contributed by atoms with van der Waals surface area (Å²) < 4.78 is 4.81. The summed E-state index contributed by atoms with van der Waals surface area (Å²) in [6, 6.07) is 7.29. The quantitative estimate of drug-likeness (QED) is 0.853. The van der Waals surface area contributed by atoms with Gasteiger partial charge in [-0.15, -0.1) is 0 Å². The van der Waals surface area contributed by atoms with E-state index in [1.165, 1.54) is 7.11 Å². The third-order valence-electron chi connectivity index (χ3n) is 5.43. The first-order valence-corrected chi connectivity index (χ1v) is 8.11. The molecule has 1 aromatic carbocycles. The van der Waals surface area contributed by atoms with E-state index in [1.54, 1.807) is 6.07 Å². The number of ether oxygens (including phenoxy) is 1. The number of allylic oxidation sites excluding steroid dienone is 1. The van der Waals surface area contributed by atoms with Crippen molar-refractivity contribution < 1.29 is 19.4 Å². The Labute approximate surface area is 136 Å². The van der Waals surface area contributed by atoms with Crippen molar-refractivity contribution in [3.8, 4) is 0 Å². The SMILES string of the molecule is COC(=O)c1cccc([C@]23CCC(=O)C(C)=C2CCC[C@@H]3O)c1. The number of hydrogen-bond donors (Lipinski definition) is 1. The average Bonchev–Trinajstić information content (AvgIpc) is 2.58. The molecule has 0 aliphatic heterocycles. The Hall–Kier alpha value is -1.94. The van der Waals surface area contributed by atoms with Gasteiger partial charge < -0.3 is 9.84 Å². The molecule has 0 radical (unpaired) electrons. The number of aliphatic hydroxyl groups is 1. The van der Waals surface area contributed by atoms with Crippen molar-refractivity contribution in [3.05, 3.63) is 46.5 Å². The molecular formula is C19H22O4. The van der Waals surface area contributed by atoms with Gasteiger partial charge in [0.2, 0.25) is 0 Å². The first kappa shape index (κ1) is 15.9. The minimum absolute atomic E-state index is 0.175. The Balaban J connectivity index is 2.18. The maximum atomic E-state index is 12.1. The van der Waals surface area contributed by atoms with Crippen LogP contribution in [0, 0.1) is 0 Å². The van der Waals surface area contributed by atoms with Crippen LogP contribution in [0.15, 0.2) is 35.4 Å². The van der Waals surface area contributed by atoms with Crippen molar-refractivity contribution in [2.45, 2.75) is 50.5 Å². The summed E-state index contributed by atoms with van der Waals surface area (Å²) in [5, 5.41) is 10.8. The minimum Gasteiger partial charge on any atom is -0.465 e. The Kier molecular flexibility index (Phi) is 4.11. The first-order chi connectivity index (χ1) is 11.0. The summed E-state index contributed by atoms with van der Waals surface area (Å²) in [7, 11) is 1.36. The van der Waals surface area contributed by atoms with Crippen LogP contribution in [-0.2, 0) is 14.9 Å². The lowest BCUT2D eigenvalue weighted by Gasteiger charge is -2.47. The molecule has 3 rings (SSSR count). The van der Waals surface area contributed by atoms with Gasteiger partial charge in [0.15, 0.2) is 5.78 Å². The number of aliphatic hydroxyl groups excluding tert-OH is 1. The molecule has 122 valence electrons. The van der Waals surface area contributed by atoms with Gasteiger partial charge in [-0.3, -0.25) is 4.79 Å². The van der Waals surface area contributed by atoms with E-state index in [9.17, 15) is 14.7 Å². The van der Waals surface area contributed by atoms with Crippen LogP contribution in [0.2, 0.25) is 0 Å². The van der Waals surface area contributed by atoms with E-state index >= 15 is 0 Å². The highest BCUT2D eigenvalue weighted by Gasteiger charge is 2.48. The molecule has 2 aliphatic carbocycles. The third kappa shape index (κ3) is 2.41. The molecule has 0 unspecified atom stereocenters. The van der Waals surface area contributed by atoms with E-state index in [2.05, 4.69) is 0 Å². The highest BCUT2D eigenvalue weighted by molar-refractivity contribution is 5.97. The van der Waals surface area contributed by atoms with E-state index in [0.717, 1.165) is 29.6 Å². The molecule has 4 nitrogen and oxygen atoms in total. The van der Waals surface area contributed by atoms with Gasteiger partial charge in [-0.2, -0.15) is 0 Å². The van der Waals surface area contributed by atoms with E-state index in [1.807, 2.05) is 25.1 Å². The maximum absolute atomic E-state index is 12.1. The van der Waals surface area contributed by atoms with Gasteiger partial charge in [0.1, 0.15) is 0 Å². The van der Waals surface area contributed by atoms with Gasteiger partial charge in [-0.05, 0) is 55.9 Å². The Morgan fingerprint density at radius 1 is 1.35 bits per heavy atom. The number of Topliss-reactive ketones (excluding diaryl/α,β-unsaturated/α-hetero) is 1. The van der Waals surface area contributed by atoms with Crippen LogP contribution in [0.25, 0.3) is 0 Å². The lowest BCUT2D eigenvalue weighted by molar-refractivity contribution is -0.117. The summed E-state index contributed by atoms with van der Waals surface area (Å²) in [5.74, 6) is -0.212. The molecule has 1 fully saturated rings. The van der Waals surface area contributed by atoms with Crippen LogP contribution in [0.3, 0.4) is 0 Å². The number of benzene rings is 1. The predicted molar refractivity (Wildman–Crippen MR) is 86.3 cm³/mol. The van der Waals surface area contributed by atoms with Crippen LogP contribution in [-0.4, -0.2) is 30.1 Å². The minimum atomic E-state index is -0.541. The number of fused-ring (bicyclic) bond motifs is 1. The van der Waals surface area contributed by atoms with Gasteiger partial charge >= 0.3 is 5.97 Å². The first-order valence-electron chi connectivity index (χ1n) is 8.11. The second-order valence-corrected chi connectivity index (χ2v) is 6.48. The fourth-order valence-corrected chi connectivity index (χ4v) is 4.20. The highest BCUT2D eigenvalue weighted by atomic mass is 16.5. The van der Waals surface area contributed by atoms with Crippen molar-refractivity contribution in [1.29, 1.82) is 0 Å². The van der Waals surface area contributed by atoms with Crippen molar-refractivity contribution in [3.63, 3.8) is 0 Å². The second kappa shape index (κ2) is 5.93. The zero-order chi connectivity index (χ0) is 16.6. The summed E-state index contributed by atoms with van der Waals surface area (Å²) in [5.41, 5.74) is 2.69. The van der Waals surface area contributed by atoms with Crippen molar-refractivity contribution >= 4 is 11.8 Å². The van der Waals surface area contributed by atoms with E-state index in [4.69, 9.17) is 4.74 Å². The number of hydrogen-bond acceptors (Lipinski definition) is 4. The molecule has 0 saturated heterocycles. The number of carbonyl (C=O) groups excluding carboxylic acids is 2. The molecule has 1 saturated carbocycles. The molecule has 23 heavy (non-hydrogen) atoms. The zero-order valence-electron chi connectivity index (χ0n) is 13.6. The van der Waals surface area contributed by atoms with Crippen LogP contribution in [0.5, 0.6) is 0 Å². The molecule has 1 aromatic rings. The van der Waals surface area contributed by atoms with Gasteiger partial charge in [0.25, 0.3) is 0 Å². The molecule has 0 spiro atoms. The monoisotopic (exact) mass is 314 g/mol. The van der Waals surface area contributed by atoms with E-state index in [-0.39, 0.29) is 11.8 Å². The number of methoxy groups -OCH3 is 1. The van der Waals surface area contributed by atoms with Gasteiger partial charge in [0, 0.05) is 11.8 Å². The molecule has 0 heterocycles. The molecule has 2 aliphatic rings. The molecule has 0 aromatic heterocycles. The summed E-state index contributed by atoms with van der Waals surface area (Å²) in [6.07, 6.45) is 2.95. The Morgan fingerprint density at radius 2 is 2.13 bits per heavy atom. The second-order valence-electron chi connectivity index (χ2n) is 6.48. The van der Waals surface area contributed by atoms with Gasteiger partial charge in [-0.25, -0.2) is 4.79 Å². The third-order valence-corrected chi connectivity index (χ3v) is 5.43. The molecule has 4 heteroatoms. The average molecular weight is 314 g/mol. The number of rotatable bonds is 2. The predicted octanol–water partition coefficient (Wildman–Crippen LogP) is 2.94. The largest absolute Gasteiger partial charge is 0.465 e.